The molecule has 1 atom stereocenters. The van der Waals surface area contributed by atoms with E-state index in [9.17, 15) is 14.6 Å². The molecule has 1 aromatic rings. The lowest BCUT2D eigenvalue weighted by molar-refractivity contribution is -0.121. The van der Waals surface area contributed by atoms with Gasteiger partial charge >= 0.3 is 13.1 Å². The molecule has 2 N–H and O–H groups in total. The van der Waals surface area contributed by atoms with Crippen LogP contribution in [0.5, 0.6) is 5.75 Å². The number of halogens is 1. The van der Waals surface area contributed by atoms with Crippen molar-refractivity contribution in [3.8, 4) is 5.75 Å². The van der Waals surface area contributed by atoms with Crippen LogP contribution in [0.25, 0.3) is 0 Å². The minimum absolute atomic E-state index is 0.159. The van der Waals surface area contributed by atoms with Gasteiger partial charge in [0, 0.05) is 10.8 Å². The summed E-state index contributed by atoms with van der Waals surface area (Å²) in [6, 6.07) is 5.15. The molecule has 1 aliphatic rings. The van der Waals surface area contributed by atoms with Crippen molar-refractivity contribution >= 4 is 41.6 Å². The van der Waals surface area contributed by atoms with E-state index in [-0.39, 0.29) is 5.91 Å². The largest absolute Gasteiger partial charge is 0.547 e. The molecule has 1 aromatic carbocycles. The maximum atomic E-state index is 12.0. The minimum atomic E-state index is -1.19. The van der Waals surface area contributed by atoms with Crippen LogP contribution in [0.1, 0.15) is 29.3 Å². The average Bonchev–Trinajstić information content (AvgIpc) is 2.52. The lowest BCUT2D eigenvalue weighted by Gasteiger charge is -2.29. The third-order valence-corrected chi connectivity index (χ3v) is 3.76. The zero-order valence-corrected chi connectivity index (χ0v) is 14.3. The fourth-order valence-corrected chi connectivity index (χ4v) is 2.45. The SMILES string of the molecule is CCC(=O)N[C@H]1Cc2cccc(C(=O)OCCI)c2OB1O. The van der Waals surface area contributed by atoms with Crippen LogP contribution in [-0.2, 0) is 16.0 Å². The van der Waals surface area contributed by atoms with Gasteiger partial charge in [-0.3, -0.25) is 4.79 Å². The predicted octanol–water partition coefficient (Wildman–Crippen LogP) is 1.13. The highest BCUT2D eigenvalue weighted by molar-refractivity contribution is 14.1. The number of hydrogen-bond donors (Lipinski definition) is 2. The molecule has 1 heterocycles. The Labute approximate surface area is 142 Å². The second-order valence-corrected chi connectivity index (χ2v) is 5.94. The Hall–Kier alpha value is -1.29. The fourth-order valence-electron chi connectivity index (χ4n) is 2.23. The molecular formula is C14H17BINO5. The number of benzene rings is 1. The summed E-state index contributed by atoms with van der Waals surface area (Å²) in [5, 5.41) is 12.8. The molecule has 118 valence electrons. The zero-order valence-electron chi connectivity index (χ0n) is 12.2. The van der Waals surface area contributed by atoms with Crippen LogP contribution >= 0.6 is 22.6 Å². The average molecular weight is 417 g/mol. The van der Waals surface area contributed by atoms with Gasteiger partial charge in [-0.2, -0.15) is 0 Å². The van der Waals surface area contributed by atoms with Gasteiger partial charge < -0.3 is 19.7 Å². The second kappa shape index (κ2) is 7.82. The molecule has 1 aliphatic heterocycles. The summed E-state index contributed by atoms with van der Waals surface area (Å²) in [6.45, 7) is 2.06. The molecule has 0 saturated heterocycles. The smallest absolute Gasteiger partial charge is 0.534 e. The number of fused-ring (bicyclic) bond motifs is 1. The standard InChI is InChI=1S/C14H17BINO5/c1-2-12(18)17-11-8-9-4-3-5-10(13(9)22-15(11)20)14(19)21-7-6-16/h3-5,11,20H,2,6-8H2,1H3,(H,17,18)/t11-/m0/s1. The maximum Gasteiger partial charge on any atom is 0.547 e. The lowest BCUT2D eigenvalue weighted by Crippen LogP contribution is -2.53. The van der Waals surface area contributed by atoms with Gasteiger partial charge in [0.2, 0.25) is 5.91 Å². The summed E-state index contributed by atoms with van der Waals surface area (Å²) in [7, 11) is -1.19. The van der Waals surface area contributed by atoms with Crippen molar-refractivity contribution < 1.29 is 24.0 Å². The minimum Gasteiger partial charge on any atom is -0.534 e. The Morgan fingerprint density at radius 3 is 3.00 bits per heavy atom. The first-order valence-electron chi connectivity index (χ1n) is 7.05. The molecule has 22 heavy (non-hydrogen) atoms. The number of ether oxygens (including phenoxy) is 1. The topological polar surface area (TPSA) is 84.9 Å². The number of nitrogens with one attached hydrogen (secondary N) is 1. The van der Waals surface area contributed by atoms with E-state index >= 15 is 0 Å². The molecule has 6 nitrogen and oxygen atoms in total. The van der Waals surface area contributed by atoms with Gasteiger partial charge in [-0.05, 0) is 18.1 Å². The number of hydrogen-bond acceptors (Lipinski definition) is 5. The highest BCUT2D eigenvalue weighted by atomic mass is 127. The first kappa shape index (κ1) is 17.1. The van der Waals surface area contributed by atoms with E-state index in [0.29, 0.717) is 35.2 Å². The van der Waals surface area contributed by atoms with Crippen LogP contribution in [0, 0.1) is 0 Å². The first-order valence-corrected chi connectivity index (χ1v) is 8.58. The highest BCUT2D eigenvalue weighted by Gasteiger charge is 2.37. The van der Waals surface area contributed by atoms with Crippen LogP contribution in [0.2, 0.25) is 0 Å². The normalized spacial score (nSPS) is 16.5. The van der Waals surface area contributed by atoms with Crippen molar-refractivity contribution in [2.45, 2.75) is 25.7 Å². The fraction of sp³-hybridized carbons (Fsp3) is 0.429. The van der Waals surface area contributed by atoms with Crippen LogP contribution < -0.4 is 9.97 Å². The van der Waals surface area contributed by atoms with Crippen LogP contribution in [-0.4, -0.2) is 41.0 Å². The monoisotopic (exact) mass is 417 g/mol. The van der Waals surface area contributed by atoms with Crippen LogP contribution in [0.4, 0.5) is 0 Å². The molecule has 0 radical (unpaired) electrons. The number of rotatable bonds is 5. The lowest BCUT2D eigenvalue weighted by atomic mass is 9.72. The van der Waals surface area contributed by atoms with Crippen LogP contribution in [0.15, 0.2) is 18.2 Å². The van der Waals surface area contributed by atoms with Crippen molar-refractivity contribution in [2.75, 3.05) is 11.0 Å². The van der Waals surface area contributed by atoms with Gasteiger partial charge in [0.05, 0.1) is 5.94 Å². The second-order valence-electron chi connectivity index (χ2n) is 4.86. The van der Waals surface area contributed by atoms with E-state index in [0.717, 1.165) is 5.56 Å². The molecule has 0 unspecified atom stereocenters. The van der Waals surface area contributed by atoms with Gasteiger partial charge in [0.25, 0.3) is 0 Å². The number of alkyl halides is 1. The summed E-state index contributed by atoms with van der Waals surface area (Å²) in [5.74, 6) is -0.832. The molecule has 0 spiro atoms. The predicted molar refractivity (Wildman–Crippen MR) is 90.1 cm³/mol. The molecule has 0 saturated carbocycles. The van der Waals surface area contributed by atoms with Crippen LogP contribution in [0.3, 0.4) is 0 Å². The third-order valence-electron chi connectivity index (χ3n) is 3.32. The van der Waals surface area contributed by atoms with Crippen molar-refractivity contribution in [3.63, 3.8) is 0 Å². The first-order chi connectivity index (χ1) is 10.6. The zero-order chi connectivity index (χ0) is 16.1. The molecule has 8 heteroatoms. The van der Waals surface area contributed by atoms with Crippen molar-refractivity contribution in [3.05, 3.63) is 29.3 Å². The number of carbonyl (C=O) groups is 2. The number of amides is 1. The number of carbonyl (C=O) groups excluding carboxylic acids is 2. The Bertz CT molecular complexity index is 568. The number of esters is 1. The van der Waals surface area contributed by atoms with Gasteiger partial charge in [-0.25, -0.2) is 4.79 Å². The molecule has 0 bridgehead atoms. The summed E-state index contributed by atoms with van der Waals surface area (Å²) < 4.78 is 11.3. The van der Waals surface area contributed by atoms with E-state index in [2.05, 4.69) is 27.9 Å². The summed E-state index contributed by atoms with van der Waals surface area (Å²) in [6.07, 6.45) is 0.731. The van der Waals surface area contributed by atoms with E-state index in [1.807, 2.05) is 0 Å². The Kier molecular flexibility index (Phi) is 6.07. The maximum absolute atomic E-state index is 12.0. The molecule has 0 fully saturated rings. The van der Waals surface area contributed by atoms with E-state index in [4.69, 9.17) is 9.39 Å². The Morgan fingerprint density at radius 1 is 1.55 bits per heavy atom. The molecule has 1 amide bonds. The van der Waals surface area contributed by atoms with Crippen molar-refractivity contribution in [1.82, 2.24) is 5.32 Å². The van der Waals surface area contributed by atoms with E-state index in [1.165, 1.54) is 0 Å². The van der Waals surface area contributed by atoms with E-state index < -0.39 is 19.0 Å². The van der Waals surface area contributed by atoms with Gasteiger partial charge in [-0.1, -0.05) is 41.6 Å². The molecule has 0 aliphatic carbocycles. The third kappa shape index (κ3) is 3.92. The van der Waals surface area contributed by atoms with Gasteiger partial charge in [0.15, 0.2) is 0 Å². The molecule has 0 aromatic heterocycles. The Balaban J connectivity index is 2.20. The number of para-hydroxylation sites is 1. The van der Waals surface area contributed by atoms with Gasteiger partial charge in [0.1, 0.15) is 17.9 Å². The van der Waals surface area contributed by atoms with E-state index in [1.54, 1.807) is 25.1 Å². The van der Waals surface area contributed by atoms with Crippen molar-refractivity contribution in [2.24, 2.45) is 0 Å². The van der Waals surface area contributed by atoms with Crippen molar-refractivity contribution in [1.29, 1.82) is 0 Å². The quantitative estimate of drug-likeness (QED) is 0.325. The summed E-state index contributed by atoms with van der Waals surface area (Å²) >= 11 is 2.12. The summed E-state index contributed by atoms with van der Waals surface area (Å²) in [5.41, 5.74) is 1.05. The Morgan fingerprint density at radius 2 is 2.32 bits per heavy atom. The molecule has 2 rings (SSSR count). The highest BCUT2D eigenvalue weighted by Crippen LogP contribution is 2.30. The van der Waals surface area contributed by atoms with Gasteiger partial charge in [-0.15, -0.1) is 0 Å². The molecular weight excluding hydrogens is 400 g/mol. The summed E-state index contributed by atoms with van der Waals surface area (Å²) in [4.78, 5) is 23.5.